The van der Waals surface area contributed by atoms with E-state index in [9.17, 15) is 4.79 Å². The normalized spacial score (nSPS) is 9.11. The summed E-state index contributed by atoms with van der Waals surface area (Å²) in [5.74, 6) is -0.181. The summed E-state index contributed by atoms with van der Waals surface area (Å²) in [5.41, 5.74) is 0. The Morgan fingerprint density at radius 2 is 2.22 bits per heavy atom. The first-order chi connectivity index (χ1) is 4.31. The van der Waals surface area contributed by atoms with Crippen molar-refractivity contribution >= 4 is 18.6 Å². The summed E-state index contributed by atoms with van der Waals surface area (Å²) in [6.07, 6.45) is 0. The average molecular weight is 150 g/mol. The Balaban J connectivity index is 2.97. The fraction of sp³-hybridized carbons (Fsp3) is 0.800. The minimum absolute atomic E-state index is 0.129. The van der Waals surface area contributed by atoms with Gasteiger partial charge >= 0.3 is 5.97 Å². The van der Waals surface area contributed by atoms with Crippen molar-refractivity contribution in [3.05, 3.63) is 0 Å². The number of esters is 1. The molecule has 0 saturated heterocycles. The molecule has 0 spiro atoms. The van der Waals surface area contributed by atoms with Crippen LogP contribution in [0, 0.1) is 0 Å². The Bertz CT molecular complexity index is 84.3. The van der Waals surface area contributed by atoms with E-state index >= 15 is 0 Å². The third-order valence-corrected chi connectivity index (χ3v) is 0.938. The quantitative estimate of drug-likeness (QED) is 0.351. The lowest BCUT2D eigenvalue weighted by Crippen LogP contribution is -2.10. The highest BCUT2D eigenvalue weighted by atomic mass is 32.1. The summed E-state index contributed by atoms with van der Waals surface area (Å²) in [4.78, 5) is 10.3. The van der Waals surface area contributed by atoms with Crippen molar-refractivity contribution in [2.24, 2.45) is 0 Å². The molecule has 0 unspecified atom stereocenters. The monoisotopic (exact) mass is 150 g/mol. The summed E-state index contributed by atoms with van der Waals surface area (Å²) in [7, 11) is 1.55. The molecule has 0 saturated carbocycles. The van der Waals surface area contributed by atoms with E-state index in [0.29, 0.717) is 13.2 Å². The van der Waals surface area contributed by atoms with Gasteiger partial charge in [-0.1, -0.05) is 0 Å². The smallest absolute Gasteiger partial charge is 0.315 e. The maximum atomic E-state index is 10.3. The van der Waals surface area contributed by atoms with Crippen LogP contribution in [0.5, 0.6) is 0 Å². The van der Waals surface area contributed by atoms with Gasteiger partial charge in [0.1, 0.15) is 6.61 Å². The molecular weight excluding hydrogens is 140 g/mol. The fourth-order valence-electron chi connectivity index (χ4n) is 0.284. The van der Waals surface area contributed by atoms with Gasteiger partial charge in [0.2, 0.25) is 0 Å². The van der Waals surface area contributed by atoms with Gasteiger partial charge in [-0.3, -0.25) is 4.79 Å². The zero-order chi connectivity index (χ0) is 7.11. The van der Waals surface area contributed by atoms with Crippen molar-refractivity contribution in [2.75, 3.05) is 26.1 Å². The van der Waals surface area contributed by atoms with Crippen LogP contribution in [0.25, 0.3) is 0 Å². The Labute approximate surface area is 59.7 Å². The third-order valence-electron chi connectivity index (χ3n) is 0.680. The zero-order valence-corrected chi connectivity index (χ0v) is 6.19. The lowest BCUT2D eigenvalue weighted by molar-refractivity contribution is -0.141. The van der Waals surface area contributed by atoms with Crippen LogP contribution in [0.3, 0.4) is 0 Å². The summed E-state index contributed by atoms with van der Waals surface area (Å²) < 4.78 is 9.23. The van der Waals surface area contributed by atoms with Gasteiger partial charge in [0.05, 0.1) is 12.4 Å². The van der Waals surface area contributed by atoms with Gasteiger partial charge in [-0.05, 0) is 0 Å². The minimum atomic E-state index is -0.310. The van der Waals surface area contributed by atoms with Crippen molar-refractivity contribution in [2.45, 2.75) is 0 Å². The van der Waals surface area contributed by atoms with Crippen LogP contribution in [0.2, 0.25) is 0 Å². The van der Waals surface area contributed by atoms with Gasteiger partial charge < -0.3 is 9.47 Å². The molecule has 0 atom stereocenters. The van der Waals surface area contributed by atoms with Crippen LogP contribution in [0.15, 0.2) is 0 Å². The summed E-state index contributed by atoms with van der Waals surface area (Å²) in [5, 5.41) is 0. The van der Waals surface area contributed by atoms with Gasteiger partial charge in [0, 0.05) is 7.11 Å². The molecule has 0 aromatic rings. The molecule has 0 bridgehead atoms. The van der Waals surface area contributed by atoms with Crippen LogP contribution < -0.4 is 0 Å². The Hall–Kier alpha value is -0.220. The van der Waals surface area contributed by atoms with Crippen molar-refractivity contribution in [3.8, 4) is 0 Å². The van der Waals surface area contributed by atoms with Crippen molar-refractivity contribution in [1.29, 1.82) is 0 Å². The molecule has 0 aliphatic heterocycles. The van der Waals surface area contributed by atoms with E-state index in [1.54, 1.807) is 7.11 Å². The first-order valence-corrected chi connectivity index (χ1v) is 3.20. The van der Waals surface area contributed by atoms with Crippen molar-refractivity contribution < 1.29 is 14.3 Å². The molecule has 0 rings (SSSR count). The first kappa shape index (κ1) is 8.78. The van der Waals surface area contributed by atoms with Gasteiger partial charge in [-0.25, -0.2) is 0 Å². The van der Waals surface area contributed by atoms with Gasteiger partial charge in [-0.2, -0.15) is 12.6 Å². The minimum Gasteiger partial charge on any atom is -0.463 e. The Morgan fingerprint density at radius 3 is 2.67 bits per heavy atom. The molecule has 0 radical (unpaired) electrons. The predicted octanol–water partition coefficient (Wildman–Crippen LogP) is 0.106. The summed E-state index contributed by atoms with van der Waals surface area (Å²) >= 11 is 3.70. The number of hydrogen-bond donors (Lipinski definition) is 1. The molecule has 0 aliphatic rings. The number of ether oxygens (including phenoxy) is 2. The molecule has 3 nitrogen and oxygen atoms in total. The van der Waals surface area contributed by atoms with Crippen LogP contribution in [0.4, 0.5) is 0 Å². The SMILES string of the molecule is COCCOC(=O)CS. The van der Waals surface area contributed by atoms with Crippen LogP contribution in [0.1, 0.15) is 0 Å². The average Bonchev–Trinajstić information content (AvgIpc) is 1.89. The van der Waals surface area contributed by atoms with E-state index in [2.05, 4.69) is 22.1 Å². The molecule has 0 aromatic carbocycles. The number of carbonyl (C=O) groups excluding carboxylic acids is 1. The fourth-order valence-corrected chi connectivity index (χ4v) is 0.376. The van der Waals surface area contributed by atoms with Crippen molar-refractivity contribution in [1.82, 2.24) is 0 Å². The van der Waals surface area contributed by atoms with E-state index in [0.717, 1.165) is 0 Å². The molecule has 54 valence electrons. The number of rotatable bonds is 4. The lowest BCUT2D eigenvalue weighted by atomic mass is 10.7. The highest BCUT2D eigenvalue weighted by Gasteiger charge is 1.95. The predicted molar refractivity (Wildman–Crippen MR) is 36.7 cm³/mol. The molecule has 0 fully saturated rings. The molecular formula is C5H10O3S. The van der Waals surface area contributed by atoms with Crippen LogP contribution in [-0.2, 0) is 14.3 Å². The standard InChI is InChI=1S/C5H10O3S/c1-7-2-3-8-5(6)4-9/h9H,2-4H2,1H3. The van der Waals surface area contributed by atoms with E-state index in [-0.39, 0.29) is 11.7 Å². The van der Waals surface area contributed by atoms with Gasteiger partial charge in [0.15, 0.2) is 0 Å². The van der Waals surface area contributed by atoms with Gasteiger partial charge in [0.25, 0.3) is 0 Å². The largest absolute Gasteiger partial charge is 0.463 e. The summed E-state index contributed by atoms with van der Waals surface area (Å²) in [6, 6.07) is 0. The Kier molecular flexibility index (Phi) is 5.76. The topological polar surface area (TPSA) is 35.5 Å². The third kappa shape index (κ3) is 5.65. The molecule has 0 heterocycles. The zero-order valence-electron chi connectivity index (χ0n) is 5.29. The van der Waals surface area contributed by atoms with Crippen LogP contribution in [-0.4, -0.2) is 32.0 Å². The molecule has 0 amide bonds. The summed E-state index contributed by atoms with van der Waals surface area (Å²) in [6.45, 7) is 0.759. The molecule has 9 heavy (non-hydrogen) atoms. The lowest BCUT2D eigenvalue weighted by Gasteiger charge is -1.99. The van der Waals surface area contributed by atoms with E-state index in [4.69, 9.17) is 0 Å². The molecule has 4 heteroatoms. The van der Waals surface area contributed by atoms with E-state index in [1.807, 2.05) is 0 Å². The Morgan fingerprint density at radius 1 is 1.56 bits per heavy atom. The number of carbonyl (C=O) groups is 1. The molecule has 0 aromatic heterocycles. The van der Waals surface area contributed by atoms with E-state index < -0.39 is 0 Å². The maximum Gasteiger partial charge on any atom is 0.315 e. The van der Waals surface area contributed by atoms with Gasteiger partial charge in [-0.15, -0.1) is 0 Å². The highest BCUT2D eigenvalue weighted by Crippen LogP contribution is 1.81. The number of methoxy groups -OCH3 is 1. The van der Waals surface area contributed by atoms with Crippen LogP contribution >= 0.6 is 12.6 Å². The first-order valence-electron chi connectivity index (χ1n) is 2.56. The second kappa shape index (κ2) is 5.91. The number of hydrogen-bond acceptors (Lipinski definition) is 4. The maximum absolute atomic E-state index is 10.3. The van der Waals surface area contributed by atoms with Crippen molar-refractivity contribution in [3.63, 3.8) is 0 Å². The highest BCUT2D eigenvalue weighted by molar-refractivity contribution is 7.81. The molecule has 0 N–H and O–H groups in total. The van der Waals surface area contributed by atoms with E-state index in [1.165, 1.54) is 0 Å². The second-order valence-electron chi connectivity index (χ2n) is 1.37. The number of thiol groups is 1. The second-order valence-corrected chi connectivity index (χ2v) is 1.69. The molecule has 0 aliphatic carbocycles.